The molecule has 0 fully saturated rings. The number of pyridine rings is 1. The Morgan fingerprint density at radius 1 is 0.966 bits per heavy atom. The highest BCUT2D eigenvalue weighted by Crippen LogP contribution is 2.20. The maximum absolute atomic E-state index is 12.7. The first kappa shape index (κ1) is 22.6. The Labute approximate surface area is 180 Å². The standard InChI is InChI=1S/C22H18Cl2N2O2.CH4/c1-2-14-3-5-15(6-4-14)20(27)11-16-7-8-17(23)12-19(16)22(28)26-21-10-9-18(24)13-25-21;/h3-10,12-13H,2,11H2,1H3,(H,25,26,28);1H4. The largest absolute Gasteiger partial charge is 0.307 e. The SMILES string of the molecule is C.CCc1ccc(C(=O)Cc2ccc(Cl)cc2C(=O)Nc2ccc(Cl)cn2)cc1. The lowest BCUT2D eigenvalue weighted by Gasteiger charge is -2.11. The van der Waals surface area contributed by atoms with Crippen LogP contribution in [0.1, 0.15) is 46.2 Å². The number of carbonyl (C=O) groups is 2. The molecule has 3 aromatic rings. The van der Waals surface area contributed by atoms with E-state index in [0.29, 0.717) is 32.6 Å². The summed E-state index contributed by atoms with van der Waals surface area (Å²) in [4.78, 5) is 29.5. The average molecular weight is 429 g/mol. The average Bonchev–Trinajstić information content (AvgIpc) is 2.71. The van der Waals surface area contributed by atoms with Gasteiger partial charge in [0.05, 0.1) is 5.02 Å². The number of ketones is 1. The molecule has 0 aliphatic carbocycles. The number of Topliss-reactive ketones (excluding diaryl/α,β-unsaturated/α-hetero) is 1. The number of halogens is 2. The first-order chi connectivity index (χ1) is 13.5. The first-order valence-corrected chi connectivity index (χ1v) is 9.55. The number of rotatable bonds is 6. The summed E-state index contributed by atoms with van der Waals surface area (Å²) < 4.78 is 0. The van der Waals surface area contributed by atoms with E-state index in [2.05, 4.69) is 17.2 Å². The zero-order chi connectivity index (χ0) is 20.1. The number of amides is 1. The summed E-state index contributed by atoms with van der Waals surface area (Å²) in [6, 6.07) is 15.7. The van der Waals surface area contributed by atoms with E-state index in [0.717, 1.165) is 6.42 Å². The summed E-state index contributed by atoms with van der Waals surface area (Å²) in [5.74, 6) is -0.0908. The molecule has 0 saturated carbocycles. The Bertz CT molecular complexity index is 1000. The van der Waals surface area contributed by atoms with Gasteiger partial charge in [0.1, 0.15) is 5.82 Å². The van der Waals surface area contributed by atoms with Crippen molar-refractivity contribution in [3.05, 3.63) is 93.1 Å². The molecule has 0 aliphatic rings. The monoisotopic (exact) mass is 428 g/mol. The van der Waals surface area contributed by atoms with Crippen molar-refractivity contribution in [2.45, 2.75) is 27.2 Å². The number of aromatic nitrogens is 1. The molecular formula is C23H22Cl2N2O2. The highest BCUT2D eigenvalue weighted by molar-refractivity contribution is 6.31. The van der Waals surface area contributed by atoms with Gasteiger partial charge in [-0.3, -0.25) is 9.59 Å². The third-order valence-electron chi connectivity index (χ3n) is 4.32. The van der Waals surface area contributed by atoms with Crippen LogP contribution >= 0.6 is 23.2 Å². The molecule has 0 bridgehead atoms. The first-order valence-electron chi connectivity index (χ1n) is 8.79. The predicted molar refractivity (Wildman–Crippen MR) is 119 cm³/mol. The minimum Gasteiger partial charge on any atom is -0.307 e. The van der Waals surface area contributed by atoms with Gasteiger partial charge in [-0.15, -0.1) is 0 Å². The molecular weight excluding hydrogens is 407 g/mol. The molecule has 0 radical (unpaired) electrons. The fourth-order valence-corrected chi connectivity index (χ4v) is 3.03. The van der Waals surface area contributed by atoms with Crippen molar-refractivity contribution in [2.24, 2.45) is 0 Å². The summed E-state index contributed by atoms with van der Waals surface area (Å²) in [6.07, 6.45) is 2.45. The fraction of sp³-hybridized carbons (Fsp3) is 0.174. The molecule has 0 aliphatic heterocycles. The molecule has 2 aromatic carbocycles. The highest BCUT2D eigenvalue weighted by Gasteiger charge is 2.16. The molecule has 1 N–H and O–H groups in total. The molecule has 1 aromatic heterocycles. The van der Waals surface area contributed by atoms with E-state index in [1.165, 1.54) is 11.8 Å². The Balaban J connectivity index is 0.00000300. The number of benzene rings is 2. The number of carbonyl (C=O) groups excluding carboxylic acids is 2. The quantitative estimate of drug-likeness (QED) is 0.470. The lowest BCUT2D eigenvalue weighted by Crippen LogP contribution is -2.17. The zero-order valence-electron chi connectivity index (χ0n) is 15.2. The van der Waals surface area contributed by atoms with Crippen molar-refractivity contribution in [1.29, 1.82) is 0 Å². The summed E-state index contributed by atoms with van der Waals surface area (Å²) >= 11 is 11.9. The van der Waals surface area contributed by atoms with Crippen molar-refractivity contribution in [3.8, 4) is 0 Å². The van der Waals surface area contributed by atoms with Crippen LogP contribution in [0.15, 0.2) is 60.8 Å². The van der Waals surface area contributed by atoms with Crippen LogP contribution in [-0.2, 0) is 12.8 Å². The minimum absolute atomic E-state index is 0. The molecule has 6 heteroatoms. The van der Waals surface area contributed by atoms with E-state index in [4.69, 9.17) is 23.2 Å². The number of aryl methyl sites for hydroxylation is 1. The Morgan fingerprint density at radius 3 is 2.28 bits per heavy atom. The topological polar surface area (TPSA) is 59.1 Å². The van der Waals surface area contributed by atoms with E-state index in [1.807, 2.05) is 24.3 Å². The minimum atomic E-state index is -0.388. The maximum Gasteiger partial charge on any atom is 0.257 e. The molecule has 4 nitrogen and oxygen atoms in total. The van der Waals surface area contributed by atoms with Crippen molar-refractivity contribution >= 4 is 40.7 Å². The molecule has 29 heavy (non-hydrogen) atoms. The lowest BCUT2D eigenvalue weighted by molar-refractivity contribution is 0.0992. The Hall–Kier alpha value is -2.69. The van der Waals surface area contributed by atoms with Gasteiger partial charge in [-0.25, -0.2) is 4.98 Å². The van der Waals surface area contributed by atoms with Gasteiger partial charge in [0.15, 0.2) is 5.78 Å². The number of nitrogens with zero attached hydrogens (tertiary/aromatic N) is 1. The van der Waals surface area contributed by atoms with Gasteiger partial charge in [0.2, 0.25) is 0 Å². The van der Waals surface area contributed by atoms with Crippen molar-refractivity contribution in [3.63, 3.8) is 0 Å². The van der Waals surface area contributed by atoms with Gasteiger partial charge >= 0.3 is 0 Å². The molecule has 0 atom stereocenters. The van der Waals surface area contributed by atoms with E-state index >= 15 is 0 Å². The van der Waals surface area contributed by atoms with E-state index < -0.39 is 0 Å². The van der Waals surface area contributed by atoms with Crippen molar-refractivity contribution in [1.82, 2.24) is 4.98 Å². The molecule has 0 spiro atoms. The second-order valence-electron chi connectivity index (χ2n) is 6.27. The maximum atomic E-state index is 12.7. The van der Waals surface area contributed by atoms with Gasteiger partial charge in [0.25, 0.3) is 5.91 Å². The molecule has 1 amide bonds. The van der Waals surface area contributed by atoms with Crippen molar-refractivity contribution < 1.29 is 9.59 Å². The summed E-state index contributed by atoms with van der Waals surface area (Å²) in [7, 11) is 0. The molecule has 0 unspecified atom stereocenters. The third kappa shape index (κ3) is 5.89. The van der Waals surface area contributed by atoms with Crippen LogP contribution in [0.3, 0.4) is 0 Å². The predicted octanol–water partition coefficient (Wildman–Crippen LogP) is 6.26. The smallest absolute Gasteiger partial charge is 0.257 e. The second-order valence-corrected chi connectivity index (χ2v) is 7.14. The number of anilines is 1. The third-order valence-corrected chi connectivity index (χ3v) is 4.78. The summed E-state index contributed by atoms with van der Waals surface area (Å²) in [6.45, 7) is 2.06. The van der Waals surface area contributed by atoms with Crippen LogP contribution in [0.2, 0.25) is 10.0 Å². The zero-order valence-corrected chi connectivity index (χ0v) is 16.7. The number of hydrogen-bond acceptors (Lipinski definition) is 3. The normalized spacial score (nSPS) is 10.2. The van der Waals surface area contributed by atoms with Crippen LogP contribution in [-0.4, -0.2) is 16.7 Å². The summed E-state index contributed by atoms with van der Waals surface area (Å²) in [5.41, 5.74) is 2.71. The van der Waals surface area contributed by atoms with Gasteiger partial charge in [-0.2, -0.15) is 0 Å². The summed E-state index contributed by atoms with van der Waals surface area (Å²) in [5, 5.41) is 3.59. The van der Waals surface area contributed by atoms with Crippen LogP contribution in [0, 0.1) is 0 Å². The van der Waals surface area contributed by atoms with E-state index in [1.54, 1.807) is 30.3 Å². The lowest BCUT2D eigenvalue weighted by atomic mass is 9.97. The van der Waals surface area contributed by atoms with Crippen LogP contribution in [0.25, 0.3) is 0 Å². The fourth-order valence-electron chi connectivity index (χ4n) is 2.75. The molecule has 150 valence electrons. The Morgan fingerprint density at radius 2 is 1.66 bits per heavy atom. The van der Waals surface area contributed by atoms with Gasteiger partial charge in [-0.1, -0.05) is 67.9 Å². The molecule has 0 saturated heterocycles. The highest BCUT2D eigenvalue weighted by atomic mass is 35.5. The van der Waals surface area contributed by atoms with Gasteiger partial charge in [0, 0.05) is 28.8 Å². The molecule has 1 heterocycles. The Kier molecular flexibility index (Phi) is 7.94. The van der Waals surface area contributed by atoms with Gasteiger partial charge in [-0.05, 0) is 41.8 Å². The van der Waals surface area contributed by atoms with Crippen molar-refractivity contribution in [2.75, 3.05) is 5.32 Å². The second kappa shape index (κ2) is 10.2. The van der Waals surface area contributed by atoms with Gasteiger partial charge < -0.3 is 5.32 Å². The van der Waals surface area contributed by atoms with Crippen LogP contribution < -0.4 is 5.32 Å². The van der Waals surface area contributed by atoms with E-state index in [9.17, 15) is 9.59 Å². The molecule has 3 rings (SSSR count). The number of hydrogen-bond donors (Lipinski definition) is 1. The van der Waals surface area contributed by atoms with Crippen LogP contribution in [0.5, 0.6) is 0 Å². The number of nitrogens with one attached hydrogen (secondary N) is 1. The van der Waals surface area contributed by atoms with E-state index in [-0.39, 0.29) is 25.5 Å². The van der Waals surface area contributed by atoms with Crippen LogP contribution in [0.4, 0.5) is 5.82 Å².